The molecule has 0 aromatic heterocycles. The first-order valence-electron chi connectivity index (χ1n) is 11.7. The Morgan fingerprint density at radius 2 is 1.76 bits per heavy atom. The Morgan fingerprint density at radius 3 is 2.41 bits per heavy atom. The topological polar surface area (TPSA) is 130 Å². The van der Waals surface area contributed by atoms with Gasteiger partial charge in [-0.05, 0) is 61.7 Å². The number of amides is 1. The molecule has 2 N–H and O–H groups in total. The highest BCUT2D eigenvalue weighted by Gasteiger charge is 2.46. The van der Waals surface area contributed by atoms with Gasteiger partial charge < -0.3 is 19.8 Å². The molecule has 1 heterocycles. The zero-order valence-electron chi connectivity index (χ0n) is 20.6. The number of hydrogen-bond donors (Lipinski definition) is 2. The first-order chi connectivity index (χ1) is 17.6. The Kier molecular flexibility index (Phi) is 6.97. The molecule has 3 aromatic carbocycles. The standard InChI is InChI=1S/C28H26N2O7/c1-4-37-23-14-19(9-12-22(23)31)25-24(26(32)18-7-10-21(11-8-18)30(35)36)27(33)28(34)29(25)15-20-13-16(2)5-6-17(20)3/h5-14,25,31-32H,4,15H2,1-3H3/b26-24-. The van der Waals surface area contributed by atoms with E-state index < -0.39 is 28.4 Å². The molecule has 1 aliphatic rings. The summed E-state index contributed by atoms with van der Waals surface area (Å²) in [5.41, 5.74) is 3.04. The average Bonchev–Trinajstić information content (AvgIpc) is 3.12. The van der Waals surface area contributed by atoms with Gasteiger partial charge in [0.2, 0.25) is 0 Å². The number of nitro groups is 1. The van der Waals surface area contributed by atoms with Crippen molar-refractivity contribution in [3.8, 4) is 11.5 Å². The van der Waals surface area contributed by atoms with Gasteiger partial charge in [0.05, 0.1) is 23.1 Å². The maximum Gasteiger partial charge on any atom is 0.295 e. The van der Waals surface area contributed by atoms with Crippen molar-refractivity contribution in [2.45, 2.75) is 33.4 Å². The number of aromatic hydroxyl groups is 1. The van der Waals surface area contributed by atoms with Crippen LogP contribution in [0.3, 0.4) is 0 Å². The van der Waals surface area contributed by atoms with Crippen molar-refractivity contribution in [1.82, 2.24) is 4.90 Å². The number of carbonyl (C=O) groups excluding carboxylic acids is 2. The number of aliphatic hydroxyl groups excluding tert-OH is 1. The van der Waals surface area contributed by atoms with Crippen LogP contribution in [0.1, 0.15) is 40.8 Å². The summed E-state index contributed by atoms with van der Waals surface area (Å²) in [6.07, 6.45) is 0. The summed E-state index contributed by atoms with van der Waals surface area (Å²) < 4.78 is 5.51. The number of nitrogens with zero attached hydrogens (tertiary/aromatic N) is 2. The molecule has 0 radical (unpaired) electrons. The Morgan fingerprint density at radius 1 is 1.05 bits per heavy atom. The van der Waals surface area contributed by atoms with E-state index >= 15 is 0 Å². The van der Waals surface area contributed by atoms with Gasteiger partial charge in [0.15, 0.2) is 11.5 Å². The third kappa shape index (κ3) is 4.88. The molecule has 1 saturated heterocycles. The van der Waals surface area contributed by atoms with Crippen molar-refractivity contribution in [1.29, 1.82) is 0 Å². The van der Waals surface area contributed by atoms with E-state index in [-0.39, 0.29) is 41.5 Å². The molecule has 0 saturated carbocycles. The van der Waals surface area contributed by atoms with E-state index in [1.54, 1.807) is 13.0 Å². The fraction of sp³-hybridized carbons (Fsp3) is 0.214. The lowest BCUT2D eigenvalue weighted by Gasteiger charge is -2.26. The van der Waals surface area contributed by atoms with Gasteiger partial charge in [0.25, 0.3) is 17.4 Å². The highest BCUT2D eigenvalue weighted by atomic mass is 16.6. The molecule has 37 heavy (non-hydrogen) atoms. The Labute approximate surface area is 213 Å². The molecule has 1 atom stereocenters. The fourth-order valence-corrected chi connectivity index (χ4v) is 4.41. The van der Waals surface area contributed by atoms with E-state index in [0.717, 1.165) is 16.7 Å². The summed E-state index contributed by atoms with van der Waals surface area (Å²) in [6, 6.07) is 14.4. The van der Waals surface area contributed by atoms with Crippen LogP contribution in [0, 0.1) is 24.0 Å². The normalized spacial score (nSPS) is 16.7. The van der Waals surface area contributed by atoms with Crippen LogP contribution in [0.4, 0.5) is 5.69 Å². The number of nitro benzene ring substituents is 1. The summed E-state index contributed by atoms with van der Waals surface area (Å²) >= 11 is 0. The molecule has 9 nitrogen and oxygen atoms in total. The lowest BCUT2D eigenvalue weighted by Crippen LogP contribution is -2.29. The molecule has 1 fully saturated rings. The molecule has 0 aliphatic carbocycles. The maximum atomic E-state index is 13.3. The molecule has 3 aromatic rings. The maximum absolute atomic E-state index is 13.3. The van der Waals surface area contributed by atoms with Crippen LogP contribution in [0.25, 0.3) is 5.76 Å². The lowest BCUT2D eigenvalue weighted by atomic mass is 9.94. The van der Waals surface area contributed by atoms with Gasteiger partial charge in [-0.25, -0.2) is 0 Å². The largest absolute Gasteiger partial charge is 0.507 e. The summed E-state index contributed by atoms with van der Waals surface area (Å²) in [6.45, 7) is 5.98. The molecule has 9 heteroatoms. The quantitative estimate of drug-likeness (QED) is 0.154. The molecule has 1 aliphatic heterocycles. The summed E-state index contributed by atoms with van der Waals surface area (Å²) in [5.74, 6) is -2.05. The first kappa shape index (κ1) is 25.4. The van der Waals surface area contributed by atoms with E-state index in [0.29, 0.717) is 5.56 Å². The number of ether oxygens (including phenoxy) is 1. The molecular weight excluding hydrogens is 476 g/mol. The van der Waals surface area contributed by atoms with Gasteiger partial charge in [-0.2, -0.15) is 0 Å². The van der Waals surface area contributed by atoms with E-state index in [2.05, 4.69) is 0 Å². The van der Waals surface area contributed by atoms with E-state index in [1.807, 2.05) is 32.0 Å². The van der Waals surface area contributed by atoms with Crippen LogP contribution in [-0.4, -0.2) is 38.3 Å². The van der Waals surface area contributed by atoms with Crippen molar-refractivity contribution in [2.75, 3.05) is 6.61 Å². The number of likely N-dealkylation sites (tertiary alicyclic amines) is 1. The average molecular weight is 503 g/mol. The van der Waals surface area contributed by atoms with Gasteiger partial charge in [-0.1, -0.05) is 29.8 Å². The van der Waals surface area contributed by atoms with Gasteiger partial charge in [-0.15, -0.1) is 0 Å². The van der Waals surface area contributed by atoms with E-state index in [4.69, 9.17) is 4.74 Å². The van der Waals surface area contributed by atoms with Gasteiger partial charge in [-0.3, -0.25) is 19.7 Å². The molecule has 0 bridgehead atoms. The number of carbonyl (C=O) groups is 2. The van der Waals surface area contributed by atoms with Crippen LogP contribution < -0.4 is 4.74 Å². The van der Waals surface area contributed by atoms with Crippen LogP contribution >= 0.6 is 0 Å². The number of aliphatic hydroxyl groups is 1. The smallest absolute Gasteiger partial charge is 0.295 e. The predicted molar refractivity (Wildman–Crippen MR) is 136 cm³/mol. The highest BCUT2D eigenvalue weighted by Crippen LogP contribution is 2.42. The summed E-state index contributed by atoms with van der Waals surface area (Å²) in [7, 11) is 0. The molecular formula is C28H26N2O7. The predicted octanol–water partition coefficient (Wildman–Crippen LogP) is 4.94. The Bertz CT molecular complexity index is 1430. The van der Waals surface area contributed by atoms with Crippen molar-refractivity contribution in [2.24, 2.45) is 0 Å². The third-order valence-electron chi connectivity index (χ3n) is 6.34. The zero-order valence-corrected chi connectivity index (χ0v) is 20.6. The van der Waals surface area contributed by atoms with Crippen LogP contribution in [0.15, 0.2) is 66.2 Å². The molecule has 1 unspecified atom stereocenters. The second-order valence-electron chi connectivity index (χ2n) is 8.82. The highest BCUT2D eigenvalue weighted by molar-refractivity contribution is 6.46. The second kappa shape index (κ2) is 10.1. The monoisotopic (exact) mass is 502 g/mol. The minimum Gasteiger partial charge on any atom is -0.507 e. The molecule has 0 spiro atoms. The van der Waals surface area contributed by atoms with Crippen molar-refractivity contribution in [3.63, 3.8) is 0 Å². The Hall–Kier alpha value is -4.66. The van der Waals surface area contributed by atoms with Crippen molar-refractivity contribution in [3.05, 3.63) is 104 Å². The number of aryl methyl sites for hydroxylation is 2. The minimum absolute atomic E-state index is 0.102. The van der Waals surface area contributed by atoms with Crippen LogP contribution in [-0.2, 0) is 16.1 Å². The van der Waals surface area contributed by atoms with Gasteiger partial charge in [0.1, 0.15) is 5.76 Å². The lowest BCUT2D eigenvalue weighted by molar-refractivity contribution is -0.384. The third-order valence-corrected chi connectivity index (χ3v) is 6.34. The van der Waals surface area contributed by atoms with Crippen LogP contribution in [0.2, 0.25) is 0 Å². The zero-order chi connectivity index (χ0) is 26.9. The van der Waals surface area contributed by atoms with Gasteiger partial charge >= 0.3 is 0 Å². The fourth-order valence-electron chi connectivity index (χ4n) is 4.41. The summed E-state index contributed by atoms with van der Waals surface area (Å²) in [4.78, 5) is 38.5. The molecule has 190 valence electrons. The number of ketones is 1. The van der Waals surface area contributed by atoms with E-state index in [1.165, 1.54) is 41.3 Å². The number of phenols is 1. The molecule has 1 amide bonds. The number of hydrogen-bond acceptors (Lipinski definition) is 7. The number of Topliss-reactive ketones (excluding diaryl/α,β-unsaturated/α-hetero) is 1. The molecule has 4 rings (SSSR count). The second-order valence-corrected chi connectivity index (χ2v) is 8.82. The summed E-state index contributed by atoms with van der Waals surface area (Å²) in [5, 5.41) is 32.5. The SMILES string of the molecule is CCOc1cc(C2/C(=C(/O)c3ccc([N+](=O)[O-])cc3)C(=O)C(=O)N2Cc2cc(C)ccc2C)ccc1O. The number of phenolic OH excluding ortho intramolecular Hbond substituents is 1. The first-order valence-corrected chi connectivity index (χ1v) is 11.7. The van der Waals surface area contributed by atoms with E-state index in [9.17, 15) is 29.9 Å². The Balaban J connectivity index is 1.89. The minimum atomic E-state index is -0.991. The van der Waals surface area contributed by atoms with Gasteiger partial charge in [0, 0.05) is 24.2 Å². The van der Waals surface area contributed by atoms with Crippen molar-refractivity contribution < 1.29 is 29.5 Å². The number of benzene rings is 3. The van der Waals surface area contributed by atoms with Crippen molar-refractivity contribution >= 4 is 23.1 Å². The number of rotatable bonds is 7. The number of non-ortho nitro benzene ring substituents is 1. The van der Waals surface area contributed by atoms with Crippen LogP contribution in [0.5, 0.6) is 11.5 Å².